The predicted molar refractivity (Wildman–Crippen MR) is 88.7 cm³/mol. The number of hydrogen-bond acceptors (Lipinski definition) is 5. The number of carbonyl (C=O) groups excluding carboxylic acids is 2. The number of aliphatic carboxylic acids is 1. The van der Waals surface area contributed by atoms with E-state index in [0.717, 1.165) is 0 Å². The summed E-state index contributed by atoms with van der Waals surface area (Å²) in [5, 5.41) is 11.2. The Bertz CT molecular complexity index is 721. The molecule has 7 nitrogen and oxygen atoms in total. The second-order valence-corrected chi connectivity index (χ2v) is 7.14. The van der Waals surface area contributed by atoms with E-state index in [9.17, 15) is 14.4 Å². The molecule has 0 saturated carbocycles. The molecule has 2 heterocycles. The molecule has 1 saturated heterocycles. The third kappa shape index (κ3) is 2.78. The first kappa shape index (κ1) is 16.5. The molecule has 0 radical (unpaired) electrons. The molecule has 0 aromatic heterocycles. The molecular weight excluding hydrogens is 330 g/mol. The van der Waals surface area contributed by atoms with Crippen molar-refractivity contribution in [2.45, 2.75) is 29.6 Å². The van der Waals surface area contributed by atoms with Crippen molar-refractivity contribution < 1.29 is 19.5 Å². The fourth-order valence-corrected chi connectivity index (χ4v) is 4.09. The SMILES string of the molecule is CC1S[C@@H]2C(NC(=O)C(N)c3ccccc3)C(=O)N2C=C1C(=O)O. The molecule has 1 fully saturated rings. The predicted octanol–water partition coefficient (Wildman–Crippen LogP) is 0.443. The first-order valence-electron chi connectivity index (χ1n) is 7.43. The van der Waals surface area contributed by atoms with E-state index in [4.69, 9.17) is 10.8 Å². The van der Waals surface area contributed by atoms with E-state index in [1.165, 1.54) is 22.9 Å². The summed E-state index contributed by atoms with van der Waals surface area (Å²) in [5.41, 5.74) is 6.77. The topological polar surface area (TPSA) is 113 Å². The van der Waals surface area contributed by atoms with Crippen LogP contribution in [0.25, 0.3) is 0 Å². The Morgan fingerprint density at radius 3 is 2.62 bits per heavy atom. The van der Waals surface area contributed by atoms with Crippen LogP contribution in [0.3, 0.4) is 0 Å². The third-order valence-electron chi connectivity index (χ3n) is 4.13. The fraction of sp³-hybridized carbons (Fsp3) is 0.312. The van der Waals surface area contributed by atoms with Crippen LogP contribution in [0.15, 0.2) is 42.1 Å². The average molecular weight is 347 g/mol. The zero-order valence-electron chi connectivity index (χ0n) is 12.9. The number of hydrogen-bond donors (Lipinski definition) is 3. The molecule has 8 heteroatoms. The zero-order chi connectivity index (χ0) is 17.4. The average Bonchev–Trinajstić information content (AvgIpc) is 2.58. The van der Waals surface area contributed by atoms with Gasteiger partial charge in [0.05, 0.1) is 5.57 Å². The van der Waals surface area contributed by atoms with Gasteiger partial charge in [0.2, 0.25) is 5.91 Å². The van der Waals surface area contributed by atoms with E-state index in [2.05, 4.69) is 5.32 Å². The van der Waals surface area contributed by atoms with E-state index in [0.29, 0.717) is 5.56 Å². The Kier molecular flexibility index (Phi) is 4.33. The minimum atomic E-state index is -1.04. The number of carboxylic acid groups (broad SMARTS) is 1. The number of amides is 2. The highest BCUT2D eigenvalue weighted by atomic mass is 32.2. The molecule has 4 N–H and O–H groups in total. The van der Waals surface area contributed by atoms with Gasteiger partial charge in [-0.15, -0.1) is 11.8 Å². The maximum Gasteiger partial charge on any atom is 0.334 e. The Hall–Kier alpha value is -2.32. The molecule has 1 aromatic rings. The number of thioether (sulfide) groups is 1. The molecule has 0 aliphatic carbocycles. The standard InChI is InChI=1S/C16H17N3O4S/c1-8-10(16(22)23)7-19-14(21)12(15(19)24-8)18-13(20)11(17)9-5-3-2-4-6-9/h2-8,11-12,15H,17H2,1H3,(H,18,20)(H,22,23)/t8?,11?,12?,15-/m1/s1. The lowest BCUT2D eigenvalue weighted by Gasteiger charge is -2.48. The van der Waals surface area contributed by atoms with Crippen molar-refractivity contribution >= 4 is 29.5 Å². The lowest BCUT2D eigenvalue weighted by atomic mass is 10.0. The van der Waals surface area contributed by atoms with Crippen molar-refractivity contribution in [2.75, 3.05) is 0 Å². The first-order chi connectivity index (χ1) is 11.4. The molecule has 2 aliphatic rings. The van der Waals surface area contributed by atoms with Crippen LogP contribution in [0.2, 0.25) is 0 Å². The summed E-state index contributed by atoms with van der Waals surface area (Å²) in [6, 6.07) is 7.35. The normalized spacial score (nSPS) is 26.8. The van der Waals surface area contributed by atoms with Crippen LogP contribution in [0.4, 0.5) is 0 Å². The number of β-lactam (4-membered cyclic amide) rings is 1. The molecule has 3 unspecified atom stereocenters. The van der Waals surface area contributed by atoms with E-state index >= 15 is 0 Å². The van der Waals surface area contributed by atoms with Crippen LogP contribution >= 0.6 is 11.8 Å². The van der Waals surface area contributed by atoms with Gasteiger partial charge in [-0.25, -0.2) is 4.79 Å². The number of nitrogens with one attached hydrogen (secondary N) is 1. The van der Waals surface area contributed by atoms with Gasteiger partial charge in [-0.1, -0.05) is 30.3 Å². The summed E-state index contributed by atoms with van der Waals surface area (Å²) in [7, 11) is 0. The van der Waals surface area contributed by atoms with Crippen molar-refractivity contribution in [1.29, 1.82) is 0 Å². The van der Waals surface area contributed by atoms with Crippen LogP contribution in [0.1, 0.15) is 18.5 Å². The Balaban J connectivity index is 1.69. The summed E-state index contributed by atoms with van der Waals surface area (Å²) >= 11 is 1.33. The second-order valence-electron chi connectivity index (χ2n) is 5.68. The maximum absolute atomic E-state index is 12.3. The van der Waals surface area contributed by atoms with Crippen molar-refractivity contribution in [3.8, 4) is 0 Å². The maximum atomic E-state index is 12.3. The number of carbonyl (C=O) groups is 3. The number of nitrogens with zero attached hydrogens (tertiary/aromatic N) is 1. The molecule has 2 aliphatic heterocycles. The fourth-order valence-electron chi connectivity index (χ4n) is 2.72. The van der Waals surface area contributed by atoms with Gasteiger partial charge in [0.25, 0.3) is 5.91 Å². The van der Waals surface area contributed by atoms with Gasteiger partial charge in [-0.05, 0) is 12.5 Å². The smallest absolute Gasteiger partial charge is 0.334 e. The van der Waals surface area contributed by atoms with Gasteiger partial charge in [-0.2, -0.15) is 0 Å². The molecule has 2 amide bonds. The van der Waals surface area contributed by atoms with Gasteiger partial charge in [-0.3, -0.25) is 9.59 Å². The summed E-state index contributed by atoms with van der Waals surface area (Å²) in [6.07, 6.45) is 1.36. The highest BCUT2D eigenvalue weighted by Gasteiger charge is 2.51. The zero-order valence-corrected chi connectivity index (χ0v) is 13.7. The Morgan fingerprint density at radius 1 is 1.33 bits per heavy atom. The van der Waals surface area contributed by atoms with Gasteiger partial charge in [0, 0.05) is 11.4 Å². The molecular formula is C16H17N3O4S. The first-order valence-corrected chi connectivity index (χ1v) is 8.38. The van der Waals surface area contributed by atoms with Crippen molar-refractivity contribution in [1.82, 2.24) is 10.2 Å². The van der Waals surface area contributed by atoms with Crippen LogP contribution in [0, 0.1) is 0 Å². The number of fused-ring (bicyclic) bond motifs is 1. The minimum Gasteiger partial charge on any atom is -0.478 e. The van der Waals surface area contributed by atoms with Gasteiger partial charge < -0.3 is 21.1 Å². The lowest BCUT2D eigenvalue weighted by Crippen LogP contribution is -2.69. The highest BCUT2D eigenvalue weighted by molar-refractivity contribution is 8.00. The number of rotatable bonds is 4. The molecule has 0 spiro atoms. The molecule has 4 atom stereocenters. The van der Waals surface area contributed by atoms with Crippen LogP contribution < -0.4 is 11.1 Å². The van der Waals surface area contributed by atoms with E-state index in [-0.39, 0.29) is 22.1 Å². The molecule has 3 rings (SSSR count). The van der Waals surface area contributed by atoms with Crippen LogP contribution in [-0.4, -0.2) is 44.5 Å². The lowest BCUT2D eigenvalue weighted by molar-refractivity contribution is -0.145. The summed E-state index contributed by atoms with van der Waals surface area (Å²) in [6.45, 7) is 1.76. The Morgan fingerprint density at radius 2 is 2.00 bits per heavy atom. The summed E-state index contributed by atoms with van der Waals surface area (Å²) in [4.78, 5) is 37.0. The third-order valence-corrected chi connectivity index (χ3v) is 5.57. The van der Waals surface area contributed by atoms with Gasteiger partial charge >= 0.3 is 5.97 Å². The van der Waals surface area contributed by atoms with Crippen molar-refractivity contribution in [2.24, 2.45) is 5.73 Å². The van der Waals surface area contributed by atoms with Gasteiger partial charge in [0.15, 0.2) is 0 Å². The van der Waals surface area contributed by atoms with Crippen molar-refractivity contribution in [3.05, 3.63) is 47.7 Å². The highest BCUT2D eigenvalue weighted by Crippen LogP contribution is 2.40. The van der Waals surface area contributed by atoms with Crippen LogP contribution in [0.5, 0.6) is 0 Å². The largest absolute Gasteiger partial charge is 0.478 e. The van der Waals surface area contributed by atoms with Gasteiger partial charge in [0.1, 0.15) is 17.5 Å². The quantitative estimate of drug-likeness (QED) is 0.682. The molecule has 1 aromatic carbocycles. The molecule has 126 valence electrons. The molecule has 24 heavy (non-hydrogen) atoms. The molecule has 0 bridgehead atoms. The van der Waals surface area contributed by atoms with E-state index < -0.39 is 24.0 Å². The van der Waals surface area contributed by atoms with E-state index in [1.807, 2.05) is 6.07 Å². The number of carboxylic acids is 1. The Labute approximate surface area is 142 Å². The van der Waals surface area contributed by atoms with E-state index in [1.54, 1.807) is 31.2 Å². The van der Waals surface area contributed by atoms with Crippen LogP contribution in [-0.2, 0) is 14.4 Å². The summed E-state index contributed by atoms with van der Waals surface area (Å²) < 4.78 is 0. The minimum absolute atomic E-state index is 0.176. The van der Waals surface area contributed by atoms with Crippen molar-refractivity contribution in [3.63, 3.8) is 0 Å². The second kappa shape index (κ2) is 6.29. The summed E-state index contributed by atoms with van der Waals surface area (Å²) in [5.74, 6) is -1.80. The number of nitrogens with two attached hydrogens (primary N) is 1. The monoisotopic (exact) mass is 347 g/mol. The number of benzene rings is 1.